The summed E-state index contributed by atoms with van der Waals surface area (Å²) in [5, 5.41) is 25.4. The fraction of sp³-hybridized carbons (Fsp3) is 0.391. The van der Waals surface area contributed by atoms with E-state index in [1.807, 2.05) is 23.7 Å². The van der Waals surface area contributed by atoms with E-state index in [9.17, 15) is 5.11 Å². The molecule has 3 N–H and O–H groups in total. The van der Waals surface area contributed by atoms with Crippen LogP contribution in [0.5, 0.6) is 5.75 Å². The molecule has 6 heteroatoms. The Morgan fingerprint density at radius 3 is 2.34 bits per heavy atom. The molecule has 0 radical (unpaired) electrons. The first-order chi connectivity index (χ1) is 13.9. The summed E-state index contributed by atoms with van der Waals surface area (Å²) in [5.41, 5.74) is 3.17. The molecule has 0 spiro atoms. The van der Waals surface area contributed by atoms with E-state index in [4.69, 9.17) is 0 Å². The molecule has 3 aromatic rings. The van der Waals surface area contributed by atoms with Gasteiger partial charge in [0.15, 0.2) is 5.82 Å². The highest BCUT2D eigenvalue weighted by atomic mass is 16.3. The lowest BCUT2D eigenvalue weighted by molar-refractivity contribution is 0.475. The lowest BCUT2D eigenvalue weighted by atomic mass is 9.87. The highest BCUT2D eigenvalue weighted by Gasteiger charge is 2.18. The van der Waals surface area contributed by atoms with Gasteiger partial charge in [-0.05, 0) is 49.5 Å². The van der Waals surface area contributed by atoms with Crippen LogP contribution in [0, 0.1) is 0 Å². The minimum absolute atomic E-state index is 0.0947. The van der Waals surface area contributed by atoms with Crippen LogP contribution in [0.2, 0.25) is 0 Å². The number of aromatic hydroxyl groups is 1. The smallest absolute Gasteiger partial charge is 0.229 e. The summed E-state index contributed by atoms with van der Waals surface area (Å²) in [6.45, 7) is 8.40. The summed E-state index contributed by atoms with van der Waals surface area (Å²) in [5.74, 6) is 1.63. The van der Waals surface area contributed by atoms with Gasteiger partial charge >= 0.3 is 0 Å². The summed E-state index contributed by atoms with van der Waals surface area (Å²) < 4.78 is 1.96. The van der Waals surface area contributed by atoms with Gasteiger partial charge in [0.05, 0.1) is 5.69 Å². The number of nitrogens with one attached hydrogen (secondary N) is 2. The number of hydrogen-bond donors (Lipinski definition) is 3. The molecule has 0 saturated heterocycles. The van der Waals surface area contributed by atoms with E-state index in [0.29, 0.717) is 5.95 Å². The van der Waals surface area contributed by atoms with Crippen LogP contribution in [-0.4, -0.2) is 40.0 Å². The Morgan fingerprint density at radius 2 is 1.69 bits per heavy atom. The van der Waals surface area contributed by atoms with E-state index in [1.165, 1.54) is 5.56 Å². The maximum absolute atomic E-state index is 9.98. The Bertz CT molecular complexity index is 925. The Morgan fingerprint density at radius 1 is 0.966 bits per heavy atom. The van der Waals surface area contributed by atoms with Gasteiger partial charge in [-0.2, -0.15) is 0 Å². The average Bonchev–Trinajstić information content (AvgIpc) is 3.11. The maximum Gasteiger partial charge on any atom is 0.229 e. The van der Waals surface area contributed by atoms with Gasteiger partial charge in [-0.3, -0.25) is 4.57 Å². The minimum Gasteiger partial charge on any atom is -0.508 e. The zero-order valence-corrected chi connectivity index (χ0v) is 17.7. The molecule has 1 aromatic heterocycles. The van der Waals surface area contributed by atoms with E-state index in [-0.39, 0.29) is 11.2 Å². The SMILES string of the molecule is CNCCCCNc1nnc(-c2ccc(C(C)(C)C)cc2)n1-c1cccc(O)c1. The lowest BCUT2D eigenvalue weighted by Crippen LogP contribution is -2.12. The van der Waals surface area contributed by atoms with Crippen LogP contribution in [0.3, 0.4) is 0 Å². The van der Waals surface area contributed by atoms with Gasteiger partial charge in [0.1, 0.15) is 5.75 Å². The highest BCUT2D eigenvalue weighted by Crippen LogP contribution is 2.29. The summed E-state index contributed by atoms with van der Waals surface area (Å²) >= 11 is 0. The molecule has 0 fully saturated rings. The van der Waals surface area contributed by atoms with Crippen molar-refractivity contribution >= 4 is 5.95 Å². The quantitative estimate of drug-likeness (QED) is 0.496. The largest absolute Gasteiger partial charge is 0.508 e. The Balaban J connectivity index is 1.94. The number of phenols is 1. The lowest BCUT2D eigenvalue weighted by Gasteiger charge is -2.19. The number of benzene rings is 2. The van der Waals surface area contributed by atoms with Gasteiger partial charge in [-0.25, -0.2) is 0 Å². The van der Waals surface area contributed by atoms with Gasteiger partial charge in [0.2, 0.25) is 5.95 Å². The molecule has 154 valence electrons. The van der Waals surface area contributed by atoms with Crippen molar-refractivity contribution in [3.63, 3.8) is 0 Å². The van der Waals surface area contributed by atoms with Crippen molar-refractivity contribution < 1.29 is 5.11 Å². The van der Waals surface area contributed by atoms with Crippen molar-refractivity contribution in [2.75, 3.05) is 25.5 Å². The Labute approximate surface area is 173 Å². The number of anilines is 1. The minimum atomic E-state index is 0.0947. The number of hydrogen-bond acceptors (Lipinski definition) is 5. The van der Waals surface area contributed by atoms with E-state index < -0.39 is 0 Å². The fourth-order valence-electron chi connectivity index (χ4n) is 3.21. The standard InChI is InChI=1S/C23H31N5O/c1-23(2,3)18-12-10-17(11-13-18)21-26-27-22(25-15-6-5-14-24-4)28(21)19-8-7-9-20(29)16-19/h7-13,16,24,29H,5-6,14-15H2,1-4H3,(H,25,27). The van der Waals surface area contributed by atoms with E-state index in [1.54, 1.807) is 12.1 Å². The molecule has 2 aromatic carbocycles. The predicted octanol–water partition coefficient (Wildman–Crippen LogP) is 4.35. The van der Waals surface area contributed by atoms with Crippen LogP contribution in [0.4, 0.5) is 5.95 Å². The third-order valence-corrected chi connectivity index (χ3v) is 4.90. The topological polar surface area (TPSA) is 75.0 Å². The molecule has 0 unspecified atom stereocenters. The van der Waals surface area contributed by atoms with Crippen LogP contribution in [0.25, 0.3) is 17.1 Å². The summed E-state index contributed by atoms with van der Waals surface area (Å²) in [6, 6.07) is 15.6. The maximum atomic E-state index is 9.98. The Kier molecular flexibility index (Phi) is 6.54. The van der Waals surface area contributed by atoms with Crippen molar-refractivity contribution in [3.05, 3.63) is 54.1 Å². The molecule has 0 aliphatic heterocycles. The van der Waals surface area contributed by atoms with Crippen LogP contribution in [0.1, 0.15) is 39.2 Å². The second-order valence-electron chi connectivity index (χ2n) is 8.27. The van der Waals surface area contributed by atoms with Gasteiger partial charge in [0.25, 0.3) is 0 Å². The molecule has 0 aliphatic rings. The van der Waals surface area contributed by atoms with Crippen molar-refractivity contribution in [1.29, 1.82) is 0 Å². The van der Waals surface area contributed by atoms with Crippen molar-refractivity contribution in [1.82, 2.24) is 20.1 Å². The molecule has 0 saturated carbocycles. The number of unbranched alkanes of at least 4 members (excludes halogenated alkanes) is 1. The third kappa shape index (κ3) is 5.15. The first kappa shape index (κ1) is 20.9. The van der Waals surface area contributed by atoms with Crippen molar-refractivity contribution in [3.8, 4) is 22.8 Å². The molecular formula is C23H31N5O. The average molecular weight is 394 g/mol. The first-order valence-corrected chi connectivity index (χ1v) is 10.1. The van der Waals surface area contributed by atoms with Crippen molar-refractivity contribution in [2.24, 2.45) is 0 Å². The van der Waals surface area contributed by atoms with Crippen LogP contribution in [0.15, 0.2) is 48.5 Å². The summed E-state index contributed by atoms with van der Waals surface area (Å²) in [4.78, 5) is 0. The number of rotatable bonds is 8. The monoisotopic (exact) mass is 393 g/mol. The molecule has 29 heavy (non-hydrogen) atoms. The number of nitrogens with zero attached hydrogens (tertiary/aromatic N) is 3. The van der Waals surface area contributed by atoms with E-state index in [2.05, 4.69) is 65.9 Å². The highest BCUT2D eigenvalue weighted by molar-refractivity contribution is 5.62. The van der Waals surface area contributed by atoms with E-state index in [0.717, 1.165) is 43.0 Å². The van der Waals surface area contributed by atoms with Gasteiger partial charge in [-0.1, -0.05) is 51.1 Å². The molecule has 0 atom stereocenters. The predicted molar refractivity (Wildman–Crippen MR) is 119 cm³/mol. The third-order valence-electron chi connectivity index (χ3n) is 4.90. The normalized spacial score (nSPS) is 11.6. The molecule has 1 heterocycles. The summed E-state index contributed by atoms with van der Waals surface area (Å²) in [6.07, 6.45) is 2.12. The zero-order chi connectivity index (χ0) is 20.9. The van der Waals surface area contributed by atoms with Crippen molar-refractivity contribution in [2.45, 2.75) is 39.0 Å². The van der Waals surface area contributed by atoms with Gasteiger partial charge < -0.3 is 15.7 Å². The first-order valence-electron chi connectivity index (χ1n) is 10.1. The van der Waals surface area contributed by atoms with Gasteiger partial charge in [0, 0.05) is 18.2 Å². The molecule has 0 aliphatic carbocycles. The van der Waals surface area contributed by atoms with E-state index >= 15 is 0 Å². The van der Waals surface area contributed by atoms with Crippen LogP contribution < -0.4 is 10.6 Å². The molecule has 0 bridgehead atoms. The van der Waals surface area contributed by atoms with Crippen LogP contribution >= 0.6 is 0 Å². The summed E-state index contributed by atoms with van der Waals surface area (Å²) in [7, 11) is 1.96. The Hall–Kier alpha value is -2.86. The van der Waals surface area contributed by atoms with Gasteiger partial charge in [-0.15, -0.1) is 10.2 Å². The fourth-order valence-corrected chi connectivity index (χ4v) is 3.21. The molecule has 0 amide bonds. The molecular weight excluding hydrogens is 362 g/mol. The number of aromatic nitrogens is 3. The second-order valence-corrected chi connectivity index (χ2v) is 8.27. The molecule has 3 rings (SSSR count). The van der Waals surface area contributed by atoms with Crippen LogP contribution in [-0.2, 0) is 5.41 Å². The second kappa shape index (κ2) is 9.09. The molecule has 6 nitrogen and oxygen atoms in total. The number of phenolic OH excluding ortho intramolecular Hbond substituents is 1. The zero-order valence-electron chi connectivity index (χ0n) is 17.7.